The maximum absolute atomic E-state index is 6.33. The molecule has 282 valence electrons. The van der Waals surface area contributed by atoms with E-state index in [-0.39, 0.29) is 6.10 Å². The van der Waals surface area contributed by atoms with Crippen molar-refractivity contribution in [3.05, 3.63) is 35.9 Å². The van der Waals surface area contributed by atoms with E-state index in [1.807, 2.05) is 0 Å². The first-order chi connectivity index (χ1) is 23.9. The van der Waals surface area contributed by atoms with Gasteiger partial charge in [0.1, 0.15) is 0 Å². The molecule has 0 unspecified atom stereocenters. The molecule has 0 saturated heterocycles. The number of rotatable bonds is 40. The van der Waals surface area contributed by atoms with Crippen molar-refractivity contribution in [3.8, 4) is 0 Å². The number of benzene rings is 1. The lowest BCUT2D eigenvalue weighted by molar-refractivity contribution is -0.0362. The molecule has 1 rings (SSSR count). The SMILES string of the molecule is CCCCCCCCCCCCCCCCCCOC[C@H](CCOCc1ccccc1)OCCCCCCCCCCCCCCCC. The van der Waals surface area contributed by atoms with Gasteiger partial charge in [-0.1, -0.05) is 224 Å². The van der Waals surface area contributed by atoms with Gasteiger partial charge in [0.2, 0.25) is 0 Å². The van der Waals surface area contributed by atoms with Gasteiger partial charge in [0, 0.05) is 19.8 Å². The average molecular weight is 673 g/mol. The highest BCUT2D eigenvalue weighted by Gasteiger charge is 2.10. The molecule has 1 aromatic rings. The Hall–Kier alpha value is -0.900. The third-order valence-corrected chi connectivity index (χ3v) is 9.99. The molecule has 0 aromatic heterocycles. The highest BCUT2D eigenvalue weighted by molar-refractivity contribution is 5.13. The zero-order valence-electron chi connectivity index (χ0n) is 32.6. The zero-order valence-corrected chi connectivity index (χ0v) is 32.6. The van der Waals surface area contributed by atoms with E-state index in [0.29, 0.717) is 13.2 Å². The zero-order chi connectivity index (χ0) is 34.3. The van der Waals surface area contributed by atoms with Crippen LogP contribution in [0.2, 0.25) is 0 Å². The first kappa shape index (κ1) is 45.1. The van der Waals surface area contributed by atoms with Gasteiger partial charge in [0.25, 0.3) is 0 Å². The summed E-state index contributed by atoms with van der Waals surface area (Å²) in [5.41, 5.74) is 1.23. The number of ether oxygens (including phenoxy) is 3. The number of unbranched alkanes of at least 4 members (excludes halogenated alkanes) is 28. The van der Waals surface area contributed by atoms with Crippen molar-refractivity contribution in [2.45, 2.75) is 226 Å². The Balaban J connectivity index is 2.02. The molecule has 48 heavy (non-hydrogen) atoms. The summed E-state index contributed by atoms with van der Waals surface area (Å²) in [7, 11) is 0. The lowest BCUT2D eigenvalue weighted by atomic mass is 10.0. The molecule has 0 fully saturated rings. The fourth-order valence-corrected chi connectivity index (χ4v) is 6.71. The van der Waals surface area contributed by atoms with Crippen molar-refractivity contribution in [2.24, 2.45) is 0 Å². The van der Waals surface area contributed by atoms with E-state index in [1.54, 1.807) is 0 Å². The van der Waals surface area contributed by atoms with Crippen LogP contribution in [0.1, 0.15) is 218 Å². The summed E-state index contributed by atoms with van der Waals surface area (Å²) in [5, 5.41) is 0. The molecule has 0 N–H and O–H groups in total. The monoisotopic (exact) mass is 673 g/mol. The van der Waals surface area contributed by atoms with E-state index in [2.05, 4.69) is 44.2 Å². The van der Waals surface area contributed by atoms with Crippen LogP contribution in [0, 0.1) is 0 Å². The van der Waals surface area contributed by atoms with Crippen LogP contribution in [0.25, 0.3) is 0 Å². The highest BCUT2D eigenvalue weighted by atomic mass is 16.5. The van der Waals surface area contributed by atoms with Gasteiger partial charge < -0.3 is 14.2 Å². The van der Waals surface area contributed by atoms with Crippen LogP contribution in [0.15, 0.2) is 30.3 Å². The van der Waals surface area contributed by atoms with Gasteiger partial charge in [-0.25, -0.2) is 0 Å². The van der Waals surface area contributed by atoms with Crippen LogP contribution < -0.4 is 0 Å². The molecule has 3 heteroatoms. The Morgan fingerprint density at radius 1 is 0.396 bits per heavy atom. The smallest absolute Gasteiger partial charge is 0.0830 e. The van der Waals surface area contributed by atoms with Crippen LogP contribution in [0.3, 0.4) is 0 Å². The van der Waals surface area contributed by atoms with E-state index in [1.165, 1.54) is 192 Å². The summed E-state index contributed by atoms with van der Waals surface area (Å²) in [6, 6.07) is 10.5. The Morgan fingerprint density at radius 2 is 0.771 bits per heavy atom. The number of hydrogen-bond donors (Lipinski definition) is 0. The fourth-order valence-electron chi connectivity index (χ4n) is 6.71. The first-order valence-corrected chi connectivity index (χ1v) is 21.7. The Bertz CT molecular complexity index is 707. The average Bonchev–Trinajstić information content (AvgIpc) is 3.11. The lowest BCUT2D eigenvalue weighted by Crippen LogP contribution is -2.23. The molecule has 0 radical (unpaired) electrons. The van der Waals surface area contributed by atoms with Crippen molar-refractivity contribution >= 4 is 0 Å². The molecule has 0 saturated carbocycles. The molecule has 0 spiro atoms. The molecule has 0 heterocycles. The fraction of sp³-hybridized carbons (Fsp3) is 0.867. The van der Waals surface area contributed by atoms with E-state index in [0.717, 1.165) is 32.7 Å². The molecule has 0 aliphatic rings. The standard InChI is InChI=1S/C45H84O3/c1-3-5-7-9-11-13-15-17-19-20-21-23-25-27-29-34-39-46-43-45(38-41-47-42-44-36-32-31-33-37-44)48-40-35-30-28-26-24-22-18-16-14-12-10-8-6-4-2/h31-33,36-37,45H,3-30,34-35,38-43H2,1-2H3/t45-/m0/s1. The van der Waals surface area contributed by atoms with Crippen molar-refractivity contribution < 1.29 is 14.2 Å². The summed E-state index contributed by atoms with van der Waals surface area (Å²) < 4.78 is 18.4. The van der Waals surface area contributed by atoms with Gasteiger partial charge in [-0.2, -0.15) is 0 Å². The van der Waals surface area contributed by atoms with Gasteiger partial charge in [-0.15, -0.1) is 0 Å². The summed E-state index contributed by atoms with van der Waals surface area (Å²) in [4.78, 5) is 0. The van der Waals surface area contributed by atoms with Crippen LogP contribution in [-0.4, -0.2) is 32.5 Å². The third-order valence-electron chi connectivity index (χ3n) is 9.99. The summed E-state index contributed by atoms with van der Waals surface area (Å²) in [5.74, 6) is 0. The normalized spacial score (nSPS) is 12.2. The summed E-state index contributed by atoms with van der Waals surface area (Å²) in [6.07, 6.45) is 42.9. The van der Waals surface area contributed by atoms with Gasteiger partial charge >= 0.3 is 0 Å². The molecule has 1 atom stereocenters. The quantitative estimate of drug-likeness (QED) is 0.0649. The first-order valence-electron chi connectivity index (χ1n) is 21.7. The second-order valence-corrected chi connectivity index (χ2v) is 14.8. The molecule has 1 aromatic carbocycles. The van der Waals surface area contributed by atoms with Crippen molar-refractivity contribution in [1.82, 2.24) is 0 Å². The molecular weight excluding hydrogens is 588 g/mol. The molecule has 0 aliphatic carbocycles. The summed E-state index contributed by atoms with van der Waals surface area (Å²) >= 11 is 0. The van der Waals surface area contributed by atoms with Crippen LogP contribution >= 0.6 is 0 Å². The van der Waals surface area contributed by atoms with E-state index >= 15 is 0 Å². The van der Waals surface area contributed by atoms with Crippen LogP contribution in [-0.2, 0) is 20.8 Å². The third kappa shape index (κ3) is 33.6. The van der Waals surface area contributed by atoms with Crippen LogP contribution in [0.5, 0.6) is 0 Å². The molecule has 0 aliphatic heterocycles. The minimum absolute atomic E-state index is 0.142. The summed E-state index contributed by atoms with van der Waals surface area (Å²) in [6.45, 7) is 8.41. The second-order valence-electron chi connectivity index (χ2n) is 14.8. The van der Waals surface area contributed by atoms with E-state index < -0.39 is 0 Å². The Morgan fingerprint density at radius 3 is 1.19 bits per heavy atom. The van der Waals surface area contributed by atoms with Crippen LogP contribution in [0.4, 0.5) is 0 Å². The largest absolute Gasteiger partial charge is 0.379 e. The predicted molar refractivity (Wildman–Crippen MR) is 211 cm³/mol. The topological polar surface area (TPSA) is 27.7 Å². The van der Waals surface area contributed by atoms with Gasteiger partial charge in [-0.05, 0) is 24.8 Å². The van der Waals surface area contributed by atoms with Crippen molar-refractivity contribution in [1.29, 1.82) is 0 Å². The lowest BCUT2D eigenvalue weighted by Gasteiger charge is -2.18. The molecule has 0 amide bonds. The minimum Gasteiger partial charge on any atom is -0.379 e. The Kier molecular flexibility index (Phi) is 36.6. The van der Waals surface area contributed by atoms with Gasteiger partial charge in [0.05, 0.1) is 19.3 Å². The highest BCUT2D eigenvalue weighted by Crippen LogP contribution is 2.15. The van der Waals surface area contributed by atoms with Gasteiger partial charge in [0.15, 0.2) is 0 Å². The molecule has 3 nitrogen and oxygen atoms in total. The predicted octanol–water partition coefficient (Wildman–Crippen LogP) is 14.7. The maximum Gasteiger partial charge on any atom is 0.0830 e. The number of hydrogen-bond acceptors (Lipinski definition) is 3. The van der Waals surface area contributed by atoms with E-state index in [9.17, 15) is 0 Å². The second kappa shape index (κ2) is 38.9. The van der Waals surface area contributed by atoms with Crippen molar-refractivity contribution in [3.63, 3.8) is 0 Å². The molecule has 0 bridgehead atoms. The maximum atomic E-state index is 6.33. The Labute approximate surface area is 301 Å². The van der Waals surface area contributed by atoms with Crippen molar-refractivity contribution in [2.75, 3.05) is 26.4 Å². The van der Waals surface area contributed by atoms with E-state index in [4.69, 9.17) is 14.2 Å². The van der Waals surface area contributed by atoms with Gasteiger partial charge in [-0.3, -0.25) is 0 Å². The minimum atomic E-state index is 0.142. The molecular formula is C45H84O3.